The summed E-state index contributed by atoms with van der Waals surface area (Å²) >= 11 is 1.60. The molecule has 3 nitrogen and oxygen atoms in total. The quantitative estimate of drug-likeness (QED) is 0.849. The molecule has 3 N–H and O–H groups in total. The Morgan fingerprint density at radius 1 is 1.47 bits per heavy atom. The number of thioether (sulfide) groups is 1. The highest BCUT2D eigenvalue weighted by molar-refractivity contribution is 7.98. The topological polar surface area (TPSA) is 55.1 Å². The molecule has 0 aliphatic carbocycles. The van der Waals surface area contributed by atoms with Gasteiger partial charge in [-0.1, -0.05) is 12.1 Å². The summed E-state index contributed by atoms with van der Waals surface area (Å²) in [6, 6.07) is 4.99. The zero-order valence-electron chi connectivity index (χ0n) is 10.4. The Bertz CT molecular complexity index is 407. The van der Waals surface area contributed by atoms with E-state index in [2.05, 4.69) is 5.32 Å². The third kappa shape index (κ3) is 6.22. The van der Waals surface area contributed by atoms with Crippen molar-refractivity contribution < 1.29 is 13.6 Å². The summed E-state index contributed by atoms with van der Waals surface area (Å²) in [5.41, 5.74) is 5.90. The van der Waals surface area contributed by atoms with Crippen LogP contribution in [0.1, 0.15) is 18.4 Å². The van der Waals surface area contributed by atoms with Gasteiger partial charge in [0, 0.05) is 11.3 Å². The van der Waals surface area contributed by atoms with Gasteiger partial charge in [-0.2, -0.15) is 11.8 Å². The summed E-state index contributed by atoms with van der Waals surface area (Å²) in [6.45, 7) is 0. The van der Waals surface area contributed by atoms with Crippen LogP contribution in [0.2, 0.25) is 0 Å². The Morgan fingerprint density at radius 2 is 2.16 bits per heavy atom. The van der Waals surface area contributed by atoms with Crippen molar-refractivity contribution in [2.24, 2.45) is 5.73 Å². The van der Waals surface area contributed by atoms with E-state index in [1.165, 1.54) is 18.2 Å². The molecular formula is C12H17ClF2N2OS. The zero-order valence-corrected chi connectivity index (χ0v) is 12.1. The standard InChI is InChI=1S/C12H16F2N2OS.ClH/c1-18-6-5-10(15)12(17)16-9-4-2-3-8(7-9)11(13)14;/h2-4,7,10-11H,5-6,15H2,1H3,(H,16,17);1H/t10-;/m0./s1. The number of hydrogen-bond acceptors (Lipinski definition) is 3. The number of hydrogen-bond donors (Lipinski definition) is 2. The highest BCUT2D eigenvalue weighted by Gasteiger charge is 2.14. The van der Waals surface area contributed by atoms with Crippen LogP contribution in [0, 0.1) is 0 Å². The number of benzene rings is 1. The number of carbonyl (C=O) groups excluding carboxylic acids is 1. The average Bonchev–Trinajstić information content (AvgIpc) is 2.36. The van der Waals surface area contributed by atoms with E-state index >= 15 is 0 Å². The second kappa shape index (κ2) is 9.12. The molecule has 1 amide bonds. The van der Waals surface area contributed by atoms with Gasteiger partial charge in [-0.05, 0) is 30.6 Å². The van der Waals surface area contributed by atoms with Crippen LogP contribution in [0.3, 0.4) is 0 Å². The lowest BCUT2D eigenvalue weighted by Crippen LogP contribution is -2.36. The number of halogens is 3. The Hall–Kier alpha value is -0.850. The molecule has 0 spiro atoms. The molecule has 0 fully saturated rings. The molecule has 0 saturated heterocycles. The lowest BCUT2D eigenvalue weighted by atomic mass is 10.2. The van der Waals surface area contributed by atoms with Gasteiger partial charge < -0.3 is 11.1 Å². The molecule has 108 valence electrons. The van der Waals surface area contributed by atoms with Crippen LogP contribution in [-0.2, 0) is 4.79 Å². The van der Waals surface area contributed by atoms with Gasteiger partial charge in [-0.25, -0.2) is 8.78 Å². The maximum Gasteiger partial charge on any atom is 0.263 e. The van der Waals surface area contributed by atoms with Crippen LogP contribution in [-0.4, -0.2) is 24.0 Å². The van der Waals surface area contributed by atoms with Crippen molar-refractivity contribution in [2.45, 2.75) is 18.9 Å². The van der Waals surface area contributed by atoms with Crippen LogP contribution in [0.25, 0.3) is 0 Å². The third-order valence-corrected chi connectivity index (χ3v) is 3.02. The molecule has 0 aliphatic rings. The van der Waals surface area contributed by atoms with Gasteiger partial charge in [0.15, 0.2) is 0 Å². The van der Waals surface area contributed by atoms with Gasteiger partial charge in [0.1, 0.15) is 0 Å². The van der Waals surface area contributed by atoms with Gasteiger partial charge in [-0.3, -0.25) is 4.79 Å². The molecule has 7 heteroatoms. The Kier molecular flexibility index (Phi) is 8.71. The fraction of sp³-hybridized carbons (Fsp3) is 0.417. The van der Waals surface area contributed by atoms with Crippen LogP contribution >= 0.6 is 24.2 Å². The molecule has 0 aromatic heterocycles. The maximum absolute atomic E-state index is 12.5. The molecule has 0 aliphatic heterocycles. The van der Waals surface area contributed by atoms with Crippen LogP contribution in [0.5, 0.6) is 0 Å². The Morgan fingerprint density at radius 3 is 2.74 bits per heavy atom. The van der Waals surface area contributed by atoms with Gasteiger partial charge in [0.05, 0.1) is 6.04 Å². The van der Waals surface area contributed by atoms with Gasteiger partial charge in [0.25, 0.3) is 6.43 Å². The van der Waals surface area contributed by atoms with Gasteiger partial charge in [-0.15, -0.1) is 12.4 Å². The molecule has 1 rings (SSSR count). The van der Waals surface area contributed by atoms with E-state index in [-0.39, 0.29) is 23.9 Å². The predicted octanol–water partition coefficient (Wildman–Crippen LogP) is 3.06. The first-order chi connectivity index (χ1) is 8.54. The second-order valence-corrected chi connectivity index (χ2v) is 4.79. The molecular weight excluding hydrogens is 294 g/mol. The largest absolute Gasteiger partial charge is 0.325 e. The second-order valence-electron chi connectivity index (χ2n) is 3.80. The number of carbonyl (C=O) groups is 1. The fourth-order valence-corrected chi connectivity index (χ4v) is 1.85. The minimum atomic E-state index is -2.55. The first-order valence-corrected chi connectivity index (χ1v) is 6.87. The zero-order chi connectivity index (χ0) is 13.5. The van der Waals surface area contributed by atoms with Crippen molar-refractivity contribution in [3.63, 3.8) is 0 Å². The van der Waals surface area contributed by atoms with Crippen molar-refractivity contribution >= 4 is 35.8 Å². The van der Waals surface area contributed by atoms with Crippen LogP contribution in [0.15, 0.2) is 24.3 Å². The molecule has 1 atom stereocenters. The highest BCUT2D eigenvalue weighted by Crippen LogP contribution is 2.21. The maximum atomic E-state index is 12.5. The summed E-state index contributed by atoms with van der Waals surface area (Å²) < 4.78 is 24.9. The molecule has 0 bridgehead atoms. The first-order valence-electron chi connectivity index (χ1n) is 5.48. The fourth-order valence-electron chi connectivity index (χ4n) is 1.36. The number of nitrogens with two attached hydrogens (primary N) is 1. The molecule has 0 saturated carbocycles. The Balaban J connectivity index is 0.00000324. The van der Waals surface area contributed by atoms with E-state index in [1.807, 2.05) is 6.26 Å². The van der Waals surface area contributed by atoms with E-state index in [9.17, 15) is 13.6 Å². The van der Waals surface area contributed by atoms with Crippen LogP contribution < -0.4 is 11.1 Å². The number of amides is 1. The summed E-state index contributed by atoms with van der Waals surface area (Å²) in [4.78, 5) is 11.7. The van der Waals surface area contributed by atoms with E-state index in [1.54, 1.807) is 17.8 Å². The lowest BCUT2D eigenvalue weighted by Gasteiger charge is -2.12. The Labute approximate surface area is 121 Å². The number of anilines is 1. The van der Waals surface area contributed by atoms with Crippen molar-refractivity contribution in [2.75, 3.05) is 17.3 Å². The molecule has 0 radical (unpaired) electrons. The van der Waals surface area contributed by atoms with E-state index in [4.69, 9.17) is 5.73 Å². The third-order valence-electron chi connectivity index (χ3n) is 2.38. The number of rotatable bonds is 6. The van der Waals surface area contributed by atoms with Gasteiger partial charge in [0.2, 0.25) is 5.91 Å². The molecule has 1 aromatic carbocycles. The SMILES string of the molecule is CSCC[C@H](N)C(=O)Nc1cccc(C(F)F)c1.Cl. The molecule has 0 unspecified atom stereocenters. The minimum Gasteiger partial charge on any atom is -0.325 e. The van der Waals surface area contributed by atoms with Crippen LogP contribution in [0.4, 0.5) is 14.5 Å². The normalized spacial score (nSPS) is 11.8. The van der Waals surface area contributed by atoms with E-state index in [0.717, 1.165) is 5.75 Å². The van der Waals surface area contributed by atoms with Crippen molar-refractivity contribution in [1.82, 2.24) is 0 Å². The molecule has 0 heterocycles. The molecule has 19 heavy (non-hydrogen) atoms. The summed E-state index contributed by atoms with van der Waals surface area (Å²) in [7, 11) is 0. The first kappa shape index (κ1) is 18.1. The number of alkyl halides is 2. The van der Waals surface area contributed by atoms with E-state index in [0.29, 0.717) is 12.1 Å². The monoisotopic (exact) mass is 310 g/mol. The van der Waals surface area contributed by atoms with E-state index < -0.39 is 12.5 Å². The predicted molar refractivity (Wildman–Crippen MR) is 78.3 cm³/mol. The lowest BCUT2D eigenvalue weighted by molar-refractivity contribution is -0.117. The highest BCUT2D eigenvalue weighted by atomic mass is 35.5. The summed E-state index contributed by atoms with van der Waals surface area (Å²) in [6.07, 6.45) is -0.0647. The minimum absolute atomic E-state index is 0. The van der Waals surface area contributed by atoms with Crippen molar-refractivity contribution in [3.8, 4) is 0 Å². The summed E-state index contributed by atoms with van der Waals surface area (Å²) in [5.74, 6) is 0.432. The molecule has 1 aromatic rings. The van der Waals surface area contributed by atoms with Crippen molar-refractivity contribution in [1.29, 1.82) is 0 Å². The smallest absolute Gasteiger partial charge is 0.263 e. The number of nitrogens with one attached hydrogen (secondary N) is 1. The van der Waals surface area contributed by atoms with Crippen molar-refractivity contribution in [3.05, 3.63) is 29.8 Å². The summed E-state index contributed by atoms with van der Waals surface area (Å²) in [5, 5.41) is 2.54. The average molecular weight is 311 g/mol. The van der Waals surface area contributed by atoms with Gasteiger partial charge >= 0.3 is 0 Å².